The summed E-state index contributed by atoms with van der Waals surface area (Å²) in [6.45, 7) is 4.13. The Labute approximate surface area is 224 Å². The number of likely N-dealkylation sites (tertiary alicyclic amines) is 1. The van der Waals surface area contributed by atoms with Crippen LogP contribution in [0, 0.1) is 5.92 Å². The van der Waals surface area contributed by atoms with Gasteiger partial charge in [0.1, 0.15) is 11.4 Å². The van der Waals surface area contributed by atoms with Gasteiger partial charge in [-0.3, -0.25) is 14.5 Å². The number of carbonyl (C=O) groups is 2. The van der Waals surface area contributed by atoms with Gasteiger partial charge in [-0.25, -0.2) is 0 Å². The van der Waals surface area contributed by atoms with Gasteiger partial charge in [-0.1, -0.05) is 12.1 Å². The van der Waals surface area contributed by atoms with E-state index in [4.69, 9.17) is 4.74 Å². The molecule has 2 aromatic rings. The second-order valence-corrected chi connectivity index (χ2v) is 12.5. The molecule has 2 saturated carbocycles. The summed E-state index contributed by atoms with van der Waals surface area (Å²) in [7, 11) is 0. The lowest BCUT2D eigenvalue weighted by atomic mass is 9.55. The van der Waals surface area contributed by atoms with E-state index in [9.17, 15) is 14.7 Å². The summed E-state index contributed by atoms with van der Waals surface area (Å²) >= 11 is 5.02. The summed E-state index contributed by atoms with van der Waals surface area (Å²) < 4.78 is 7.28. The molecule has 1 aromatic heterocycles. The van der Waals surface area contributed by atoms with Gasteiger partial charge in [0.05, 0.1) is 0 Å². The molecule has 1 aliphatic heterocycles. The number of ether oxygens (including phenoxy) is 1. The number of nitrogens with zero attached hydrogens (tertiary/aromatic N) is 1. The van der Waals surface area contributed by atoms with E-state index in [1.165, 1.54) is 19.8 Å². The third-order valence-corrected chi connectivity index (χ3v) is 9.64. The molecule has 0 unspecified atom stereocenters. The molecular weight excluding hydrogens is 540 g/mol. The second-order valence-electron chi connectivity index (χ2n) is 10.6. The number of nitrogens with one attached hydrogen (secondary N) is 1. The van der Waals surface area contributed by atoms with Crippen molar-refractivity contribution >= 4 is 45.2 Å². The number of phenols is 1. The molecule has 36 heavy (non-hydrogen) atoms. The summed E-state index contributed by atoms with van der Waals surface area (Å²) in [5.74, 6) is 0.552. The van der Waals surface area contributed by atoms with Crippen LogP contribution in [0.15, 0.2) is 46.3 Å². The number of phenolic OH excluding ortho intramolecular Hbond substituents is 1. The summed E-state index contributed by atoms with van der Waals surface area (Å²) in [4.78, 5) is 28.8. The van der Waals surface area contributed by atoms with Gasteiger partial charge < -0.3 is 15.2 Å². The van der Waals surface area contributed by atoms with Gasteiger partial charge in [0.2, 0.25) is 5.91 Å². The Bertz CT molecular complexity index is 1160. The fourth-order valence-electron chi connectivity index (χ4n) is 6.26. The molecule has 3 atom stereocenters. The lowest BCUT2D eigenvalue weighted by molar-refractivity contribution is -0.187. The van der Waals surface area contributed by atoms with Crippen LogP contribution in [0.3, 0.4) is 0 Å². The molecule has 192 valence electrons. The molecule has 0 spiro atoms. The van der Waals surface area contributed by atoms with Crippen LogP contribution < -0.4 is 5.32 Å². The van der Waals surface area contributed by atoms with Crippen molar-refractivity contribution in [1.29, 1.82) is 0 Å². The SMILES string of the molecule is CC(=O)O[C@]12CC[C@H](NC(=O)/C=C/c3cc(Br)cs3)C[C@]1(c1cccc(O)c1)CCN(CC1CC1)C2. The Balaban J connectivity index is 1.42. The molecule has 6 nitrogen and oxygen atoms in total. The molecule has 3 fully saturated rings. The molecule has 2 aliphatic carbocycles. The van der Waals surface area contributed by atoms with Gasteiger partial charge in [-0.2, -0.15) is 0 Å². The number of rotatable bonds is 7. The molecule has 2 N–H and O–H groups in total. The molecule has 3 aliphatic rings. The average Bonchev–Trinajstić information content (AvgIpc) is 3.55. The number of esters is 1. The Hall–Kier alpha value is -2.16. The van der Waals surface area contributed by atoms with Crippen LogP contribution in [0.1, 0.15) is 55.9 Å². The van der Waals surface area contributed by atoms with E-state index in [1.807, 2.05) is 35.7 Å². The molecule has 0 bridgehead atoms. The topological polar surface area (TPSA) is 78.9 Å². The number of carbonyl (C=O) groups excluding carboxylic acids is 2. The predicted molar refractivity (Wildman–Crippen MR) is 145 cm³/mol. The highest BCUT2D eigenvalue weighted by Gasteiger charge is 2.61. The van der Waals surface area contributed by atoms with E-state index in [0.717, 1.165) is 46.8 Å². The number of hydrogen-bond acceptors (Lipinski definition) is 6. The van der Waals surface area contributed by atoms with Crippen molar-refractivity contribution in [3.05, 3.63) is 56.7 Å². The van der Waals surface area contributed by atoms with Gasteiger partial charge >= 0.3 is 5.97 Å². The van der Waals surface area contributed by atoms with Gasteiger partial charge in [-0.15, -0.1) is 11.3 Å². The van der Waals surface area contributed by atoms with Crippen LogP contribution in [0.25, 0.3) is 6.08 Å². The number of piperidine rings is 1. The first-order valence-corrected chi connectivity index (χ1v) is 14.4. The molecule has 5 rings (SSSR count). The van der Waals surface area contributed by atoms with E-state index in [2.05, 4.69) is 26.1 Å². The predicted octanol–water partition coefficient (Wildman–Crippen LogP) is 5.25. The monoisotopic (exact) mass is 572 g/mol. The van der Waals surface area contributed by atoms with E-state index < -0.39 is 11.0 Å². The first kappa shape index (κ1) is 25.5. The highest BCUT2D eigenvalue weighted by Crippen LogP contribution is 2.54. The zero-order valence-corrected chi connectivity index (χ0v) is 22.9. The minimum Gasteiger partial charge on any atom is -0.508 e. The number of aromatic hydroxyl groups is 1. The van der Waals surface area contributed by atoms with Crippen molar-refractivity contribution in [2.45, 2.75) is 62.5 Å². The lowest BCUT2D eigenvalue weighted by Crippen LogP contribution is -2.68. The number of thiophene rings is 1. The maximum atomic E-state index is 12.8. The van der Waals surface area contributed by atoms with Crippen LogP contribution in [0.4, 0.5) is 0 Å². The number of amides is 1. The maximum Gasteiger partial charge on any atom is 0.303 e. The normalized spacial score (nSPS) is 28.6. The van der Waals surface area contributed by atoms with E-state index >= 15 is 0 Å². The quantitative estimate of drug-likeness (QED) is 0.350. The Morgan fingerprint density at radius 3 is 2.81 bits per heavy atom. The Kier molecular flexibility index (Phi) is 7.30. The van der Waals surface area contributed by atoms with E-state index in [1.54, 1.807) is 23.5 Å². The van der Waals surface area contributed by atoms with Gasteiger partial charge in [0.25, 0.3) is 0 Å². The fraction of sp³-hybridized carbons (Fsp3) is 0.500. The molecule has 1 aromatic carbocycles. The number of fused-ring (bicyclic) bond motifs is 1. The molecule has 2 heterocycles. The first-order chi connectivity index (χ1) is 17.3. The molecule has 0 radical (unpaired) electrons. The molecular formula is C28H33BrN2O4S. The summed E-state index contributed by atoms with van der Waals surface area (Å²) in [5, 5.41) is 15.6. The number of benzene rings is 1. The van der Waals surface area contributed by atoms with Gasteiger partial charge in [-0.05, 0) is 96.8 Å². The van der Waals surface area contributed by atoms with Crippen molar-refractivity contribution in [3.8, 4) is 5.75 Å². The van der Waals surface area contributed by atoms with Crippen LogP contribution in [-0.4, -0.2) is 53.2 Å². The van der Waals surface area contributed by atoms with Crippen LogP contribution in [0.2, 0.25) is 0 Å². The summed E-state index contributed by atoms with van der Waals surface area (Å²) in [5.41, 5.74) is -0.205. The fourth-order valence-corrected chi connectivity index (χ4v) is 7.59. The van der Waals surface area contributed by atoms with Crippen molar-refractivity contribution < 1.29 is 19.4 Å². The highest BCUT2D eigenvalue weighted by atomic mass is 79.9. The van der Waals surface area contributed by atoms with Crippen LogP contribution in [0.5, 0.6) is 5.75 Å². The second kappa shape index (κ2) is 10.3. The van der Waals surface area contributed by atoms with E-state index in [0.29, 0.717) is 19.4 Å². The summed E-state index contributed by atoms with van der Waals surface area (Å²) in [6, 6.07) is 9.30. The zero-order chi connectivity index (χ0) is 25.3. The maximum absolute atomic E-state index is 12.8. The molecule has 1 amide bonds. The number of halogens is 1. The lowest BCUT2D eigenvalue weighted by Gasteiger charge is -2.59. The minimum atomic E-state index is -0.694. The van der Waals surface area contributed by atoms with Crippen molar-refractivity contribution in [1.82, 2.24) is 10.2 Å². The van der Waals surface area contributed by atoms with Gasteiger partial charge in [0.15, 0.2) is 0 Å². The summed E-state index contributed by atoms with van der Waals surface area (Å²) in [6.07, 6.45) is 8.83. The van der Waals surface area contributed by atoms with Crippen molar-refractivity contribution in [2.24, 2.45) is 5.92 Å². The van der Waals surface area contributed by atoms with Crippen molar-refractivity contribution in [2.75, 3.05) is 19.6 Å². The molecule has 1 saturated heterocycles. The minimum absolute atomic E-state index is 0.0572. The molecule has 8 heteroatoms. The third-order valence-electron chi connectivity index (χ3n) is 7.98. The number of hydrogen-bond donors (Lipinski definition) is 2. The smallest absolute Gasteiger partial charge is 0.303 e. The largest absolute Gasteiger partial charge is 0.508 e. The first-order valence-electron chi connectivity index (χ1n) is 12.7. The van der Waals surface area contributed by atoms with E-state index in [-0.39, 0.29) is 23.7 Å². The standard InChI is InChI=1S/C28H33BrN2O4S/c1-19(32)35-28-10-9-23(30-26(34)8-7-25-14-22(29)17-36-25)15-27(28,21-3-2-4-24(33)13-21)11-12-31(18-28)16-20-5-6-20/h2-4,7-8,13-14,17,20,23,33H,5-6,9-12,15-16,18H2,1H3,(H,30,34)/b8-7+/t23-,27-,28-/m0/s1. The Morgan fingerprint density at radius 2 is 2.11 bits per heavy atom. The third kappa shape index (κ3) is 5.41. The van der Waals surface area contributed by atoms with Crippen molar-refractivity contribution in [3.63, 3.8) is 0 Å². The zero-order valence-electron chi connectivity index (χ0n) is 20.5. The van der Waals surface area contributed by atoms with Crippen LogP contribution in [-0.2, 0) is 19.7 Å². The average molecular weight is 574 g/mol. The van der Waals surface area contributed by atoms with Crippen LogP contribution >= 0.6 is 27.3 Å². The van der Waals surface area contributed by atoms with Gasteiger partial charge in [0, 0.05) is 52.3 Å². The Morgan fingerprint density at radius 1 is 1.28 bits per heavy atom. The highest BCUT2D eigenvalue weighted by molar-refractivity contribution is 9.10.